The van der Waals surface area contributed by atoms with Gasteiger partial charge in [-0.05, 0) is 37.0 Å². The molecule has 15 heavy (non-hydrogen) atoms. The van der Waals surface area contributed by atoms with Crippen LogP contribution in [0, 0.1) is 30.1 Å². The fraction of sp³-hybridized carbons (Fsp3) is 0.857. The average Bonchev–Trinajstić information content (AvgIpc) is 2.28. The maximum Gasteiger partial charge on any atom is 0.107 e. The van der Waals surface area contributed by atoms with Crippen LogP contribution in [0.4, 0.5) is 0 Å². The molecule has 0 aromatic rings. The Balaban J connectivity index is 2.00. The molecule has 0 N–H and O–H groups in total. The quantitative estimate of drug-likeness (QED) is 0.630. The monoisotopic (exact) mass is 206 g/mol. The molecule has 4 atom stereocenters. The van der Waals surface area contributed by atoms with E-state index in [-0.39, 0.29) is 0 Å². The summed E-state index contributed by atoms with van der Waals surface area (Å²) in [4.78, 5) is 0. The SMILES string of the molecule is C#CCOC1C(C)CCC2CCCCC21. The van der Waals surface area contributed by atoms with Gasteiger partial charge in [-0.1, -0.05) is 32.1 Å². The second-order valence-electron chi connectivity index (χ2n) is 5.24. The summed E-state index contributed by atoms with van der Waals surface area (Å²) < 4.78 is 5.88. The molecule has 0 heterocycles. The predicted molar refractivity (Wildman–Crippen MR) is 62.4 cm³/mol. The van der Waals surface area contributed by atoms with Crippen LogP contribution in [0.5, 0.6) is 0 Å². The van der Waals surface area contributed by atoms with Gasteiger partial charge in [0.1, 0.15) is 6.61 Å². The molecule has 2 rings (SSSR count). The summed E-state index contributed by atoms with van der Waals surface area (Å²) in [6, 6.07) is 0. The number of hydrogen-bond donors (Lipinski definition) is 0. The summed E-state index contributed by atoms with van der Waals surface area (Å²) >= 11 is 0. The lowest BCUT2D eigenvalue weighted by Crippen LogP contribution is -2.41. The number of ether oxygens (including phenoxy) is 1. The van der Waals surface area contributed by atoms with Gasteiger partial charge >= 0.3 is 0 Å². The minimum atomic E-state index is 0.445. The van der Waals surface area contributed by atoms with Gasteiger partial charge < -0.3 is 4.74 Å². The van der Waals surface area contributed by atoms with Crippen LogP contribution in [0.25, 0.3) is 0 Å². The van der Waals surface area contributed by atoms with E-state index in [0.29, 0.717) is 18.6 Å². The summed E-state index contributed by atoms with van der Waals surface area (Å²) in [5.41, 5.74) is 0. The summed E-state index contributed by atoms with van der Waals surface area (Å²) in [6.07, 6.45) is 14.1. The largest absolute Gasteiger partial charge is 0.365 e. The number of fused-ring (bicyclic) bond motifs is 1. The predicted octanol–water partition coefficient (Wildman–Crippen LogP) is 3.24. The Morgan fingerprint density at radius 2 is 2.00 bits per heavy atom. The van der Waals surface area contributed by atoms with Gasteiger partial charge in [-0.15, -0.1) is 6.42 Å². The molecule has 0 aliphatic heterocycles. The van der Waals surface area contributed by atoms with E-state index in [1.54, 1.807) is 0 Å². The Bertz CT molecular complexity index is 240. The van der Waals surface area contributed by atoms with E-state index in [2.05, 4.69) is 12.8 Å². The number of rotatable bonds is 2. The molecule has 0 radical (unpaired) electrons. The van der Waals surface area contributed by atoms with Crippen molar-refractivity contribution in [3.05, 3.63) is 0 Å². The van der Waals surface area contributed by atoms with Crippen molar-refractivity contribution in [2.75, 3.05) is 6.61 Å². The summed E-state index contributed by atoms with van der Waals surface area (Å²) in [7, 11) is 0. The van der Waals surface area contributed by atoms with Crippen molar-refractivity contribution in [3.8, 4) is 12.3 Å². The average molecular weight is 206 g/mol. The number of terminal acetylenes is 1. The van der Waals surface area contributed by atoms with Gasteiger partial charge in [-0.3, -0.25) is 0 Å². The molecule has 2 fully saturated rings. The van der Waals surface area contributed by atoms with Gasteiger partial charge in [0.2, 0.25) is 0 Å². The molecule has 0 bridgehead atoms. The maximum absolute atomic E-state index is 5.88. The highest BCUT2D eigenvalue weighted by molar-refractivity contribution is 4.91. The zero-order valence-corrected chi connectivity index (χ0v) is 9.74. The molecule has 1 nitrogen and oxygen atoms in total. The Labute approximate surface area is 93.6 Å². The third-order valence-electron chi connectivity index (χ3n) is 4.30. The van der Waals surface area contributed by atoms with Gasteiger partial charge in [0.05, 0.1) is 6.10 Å². The lowest BCUT2D eigenvalue weighted by molar-refractivity contribution is -0.0654. The van der Waals surface area contributed by atoms with Crippen LogP contribution in [0.1, 0.15) is 45.4 Å². The van der Waals surface area contributed by atoms with Gasteiger partial charge in [0.15, 0.2) is 0 Å². The van der Waals surface area contributed by atoms with E-state index >= 15 is 0 Å². The van der Waals surface area contributed by atoms with Crippen molar-refractivity contribution in [2.45, 2.75) is 51.6 Å². The Kier molecular flexibility index (Phi) is 3.70. The van der Waals surface area contributed by atoms with Crippen LogP contribution in [-0.2, 0) is 4.74 Å². The van der Waals surface area contributed by atoms with Crippen LogP contribution in [0.3, 0.4) is 0 Å². The third-order valence-corrected chi connectivity index (χ3v) is 4.30. The van der Waals surface area contributed by atoms with Gasteiger partial charge in [0, 0.05) is 0 Å². The number of hydrogen-bond acceptors (Lipinski definition) is 1. The second-order valence-corrected chi connectivity index (χ2v) is 5.24. The molecule has 0 aromatic carbocycles. The molecule has 0 amide bonds. The summed E-state index contributed by atoms with van der Waals surface area (Å²) in [5, 5.41) is 0. The first-order chi connectivity index (χ1) is 7.33. The standard InChI is InChI=1S/C14H22O/c1-3-10-15-14-11(2)8-9-12-6-4-5-7-13(12)14/h1,11-14H,4-10H2,2H3. The Morgan fingerprint density at radius 1 is 1.20 bits per heavy atom. The highest BCUT2D eigenvalue weighted by Gasteiger charge is 2.38. The van der Waals surface area contributed by atoms with Gasteiger partial charge in [0.25, 0.3) is 0 Å². The van der Waals surface area contributed by atoms with Gasteiger partial charge in [-0.25, -0.2) is 0 Å². The second kappa shape index (κ2) is 5.03. The zero-order valence-electron chi connectivity index (χ0n) is 9.74. The molecule has 0 aromatic heterocycles. The molecule has 84 valence electrons. The maximum atomic E-state index is 5.88. The fourth-order valence-electron chi connectivity index (χ4n) is 3.52. The minimum absolute atomic E-state index is 0.445. The molecular weight excluding hydrogens is 184 g/mol. The first-order valence-corrected chi connectivity index (χ1v) is 6.38. The summed E-state index contributed by atoms with van der Waals surface area (Å²) in [6.45, 7) is 2.82. The molecule has 4 unspecified atom stereocenters. The zero-order chi connectivity index (χ0) is 10.7. The van der Waals surface area contributed by atoms with Crippen molar-refractivity contribution < 1.29 is 4.74 Å². The molecule has 2 saturated carbocycles. The van der Waals surface area contributed by atoms with E-state index in [0.717, 1.165) is 11.8 Å². The summed E-state index contributed by atoms with van der Waals surface area (Å²) in [5.74, 6) is 5.05. The highest BCUT2D eigenvalue weighted by atomic mass is 16.5. The van der Waals surface area contributed by atoms with E-state index in [9.17, 15) is 0 Å². The first kappa shape index (κ1) is 11.0. The third kappa shape index (κ3) is 2.37. The van der Waals surface area contributed by atoms with Crippen molar-refractivity contribution in [2.24, 2.45) is 17.8 Å². The van der Waals surface area contributed by atoms with Crippen molar-refractivity contribution in [3.63, 3.8) is 0 Å². The van der Waals surface area contributed by atoms with Crippen LogP contribution >= 0.6 is 0 Å². The Morgan fingerprint density at radius 3 is 2.80 bits per heavy atom. The smallest absolute Gasteiger partial charge is 0.107 e. The van der Waals surface area contributed by atoms with Crippen LogP contribution in [0.2, 0.25) is 0 Å². The van der Waals surface area contributed by atoms with Gasteiger partial charge in [-0.2, -0.15) is 0 Å². The molecule has 0 spiro atoms. The fourth-order valence-corrected chi connectivity index (χ4v) is 3.52. The molecule has 2 aliphatic rings. The molecule has 0 saturated heterocycles. The van der Waals surface area contributed by atoms with Crippen molar-refractivity contribution >= 4 is 0 Å². The van der Waals surface area contributed by atoms with Crippen LogP contribution in [0.15, 0.2) is 0 Å². The molecule has 1 heteroatoms. The normalized spacial score (nSPS) is 40.5. The van der Waals surface area contributed by atoms with Crippen LogP contribution in [-0.4, -0.2) is 12.7 Å². The molecular formula is C14H22O. The van der Waals surface area contributed by atoms with E-state index in [1.807, 2.05) is 0 Å². The lowest BCUT2D eigenvalue weighted by Gasteiger charge is -2.44. The topological polar surface area (TPSA) is 9.23 Å². The van der Waals surface area contributed by atoms with Crippen LogP contribution < -0.4 is 0 Å². The minimum Gasteiger partial charge on any atom is -0.365 e. The highest BCUT2D eigenvalue weighted by Crippen LogP contribution is 2.43. The lowest BCUT2D eigenvalue weighted by atomic mass is 9.66. The van der Waals surface area contributed by atoms with E-state index < -0.39 is 0 Å². The van der Waals surface area contributed by atoms with Crippen molar-refractivity contribution in [1.29, 1.82) is 0 Å². The van der Waals surface area contributed by atoms with E-state index in [1.165, 1.54) is 38.5 Å². The van der Waals surface area contributed by atoms with E-state index in [4.69, 9.17) is 11.2 Å². The molecule has 2 aliphatic carbocycles. The Hall–Kier alpha value is -0.480. The van der Waals surface area contributed by atoms with Crippen molar-refractivity contribution in [1.82, 2.24) is 0 Å². The first-order valence-electron chi connectivity index (χ1n) is 6.38.